The van der Waals surface area contributed by atoms with Crippen molar-refractivity contribution in [3.63, 3.8) is 0 Å². The lowest BCUT2D eigenvalue weighted by Gasteiger charge is -2.12. The molecule has 2 aromatic carbocycles. The van der Waals surface area contributed by atoms with Gasteiger partial charge in [-0.2, -0.15) is 0 Å². The molecule has 0 aliphatic heterocycles. The van der Waals surface area contributed by atoms with Gasteiger partial charge in [-0.1, -0.05) is 23.7 Å². The summed E-state index contributed by atoms with van der Waals surface area (Å²) in [4.78, 5) is 0. The summed E-state index contributed by atoms with van der Waals surface area (Å²) in [6, 6.07) is 9.61. The third-order valence-corrected chi connectivity index (χ3v) is 3.46. The van der Waals surface area contributed by atoms with E-state index < -0.39 is 0 Å². The quantitative estimate of drug-likeness (QED) is 0.738. The molecule has 0 heterocycles. The fraction of sp³-hybridized carbons (Fsp3) is 0.200. The van der Waals surface area contributed by atoms with Crippen LogP contribution in [0.2, 0.25) is 5.02 Å². The van der Waals surface area contributed by atoms with Crippen LogP contribution >= 0.6 is 23.2 Å². The monoisotopic (exact) mass is 314 g/mol. The average molecular weight is 315 g/mol. The Morgan fingerprint density at radius 2 is 1.85 bits per heavy atom. The van der Waals surface area contributed by atoms with Crippen molar-refractivity contribution in [3.8, 4) is 11.5 Å². The fourth-order valence-corrected chi connectivity index (χ4v) is 2.14. The van der Waals surface area contributed by atoms with Crippen LogP contribution < -0.4 is 9.47 Å². The van der Waals surface area contributed by atoms with Crippen LogP contribution in [0.25, 0.3) is 0 Å². The Labute approximate surface area is 127 Å². The number of ether oxygens (including phenoxy) is 2. The first-order valence-corrected chi connectivity index (χ1v) is 6.85. The molecule has 0 spiro atoms. The predicted octanol–water partition coefficient (Wildman–Crippen LogP) is 4.81. The highest BCUT2D eigenvalue weighted by atomic mass is 35.5. The second-order valence-electron chi connectivity index (χ2n) is 4.13. The summed E-state index contributed by atoms with van der Waals surface area (Å²) in [5.74, 6) is 1.26. The number of rotatable bonds is 5. The number of hydrogen-bond acceptors (Lipinski definition) is 2. The summed E-state index contributed by atoms with van der Waals surface area (Å²) in [5, 5.41) is 0.334. The fourth-order valence-electron chi connectivity index (χ4n) is 1.70. The van der Waals surface area contributed by atoms with Crippen molar-refractivity contribution in [1.82, 2.24) is 0 Å². The van der Waals surface area contributed by atoms with Gasteiger partial charge < -0.3 is 9.47 Å². The molecule has 0 N–H and O–H groups in total. The van der Waals surface area contributed by atoms with Crippen LogP contribution in [0.4, 0.5) is 4.39 Å². The van der Waals surface area contributed by atoms with Crippen LogP contribution in [0, 0.1) is 5.82 Å². The van der Waals surface area contributed by atoms with E-state index in [1.165, 1.54) is 12.1 Å². The molecule has 0 bridgehead atoms. The molecule has 2 nitrogen and oxygen atoms in total. The molecule has 0 unspecified atom stereocenters. The Morgan fingerprint density at radius 1 is 1.10 bits per heavy atom. The van der Waals surface area contributed by atoms with E-state index in [-0.39, 0.29) is 12.4 Å². The topological polar surface area (TPSA) is 18.5 Å². The van der Waals surface area contributed by atoms with Gasteiger partial charge in [-0.3, -0.25) is 0 Å². The van der Waals surface area contributed by atoms with E-state index in [4.69, 9.17) is 32.7 Å². The maximum Gasteiger partial charge on any atom is 0.127 e. The summed E-state index contributed by atoms with van der Waals surface area (Å²) in [6.45, 7) is 0.232. The zero-order valence-corrected chi connectivity index (χ0v) is 12.3. The first-order valence-electron chi connectivity index (χ1n) is 5.93. The SMILES string of the molecule is COc1ccc(CCl)c(OCc2ccc(F)cc2Cl)c1. The summed E-state index contributed by atoms with van der Waals surface area (Å²) in [7, 11) is 1.58. The van der Waals surface area contributed by atoms with E-state index in [0.717, 1.165) is 5.56 Å². The van der Waals surface area contributed by atoms with Crippen molar-refractivity contribution < 1.29 is 13.9 Å². The van der Waals surface area contributed by atoms with Crippen LogP contribution in [0.3, 0.4) is 0 Å². The molecule has 0 atom stereocenters. The highest BCUT2D eigenvalue weighted by Gasteiger charge is 2.08. The highest BCUT2D eigenvalue weighted by Crippen LogP contribution is 2.28. The maximum absolute atomic E-state index is 13.0. The number of benzene rings is 2. The third kappa shape index (κ3) is 3.56. The molecule has 106 valence electrons. The average Bonchev–Trinajstić information content (AvgIpc) is 2.46. The zero-order chi connectivity index (χ0) is 14.5. The molecule has 0 saturated heterocycles. The van der Waals surface area contributed by atoms with Crippen molar-refractivity contribution in [1.29, 1.82) is 0 Å². The van der Waals surface area contributed by atoms with Gasteiger partial charge in [0.25, 0.3) is 0 Å². The van der Waals surface area contributed by atoms with Crippen molar-refractivity contribution in [3.05, 3.63) is 58.4 Å². The van der Waals surface area contributed by atoms with Gasteiger partial charge in [-0.25, -0.2) is 4.39 Å². The van der Waals surface area contributed by atoms with E-state index in [2.05, 4.69) is 0 Å². The molecule has 20 heavy (non-hydrogen) atoms. The highest BCUT2D eigenvalue weighted by molar-refractivity contribution is 6.31. The second-order valence-corrected chi connectivity index (χ2v) is 4.81. The van der Waals surface area contributed by atoms with Crippen molar-refractivity contribution in [2.45, 2.75) is 12.5 Å². The molecule has 0 aromatic heterocycles. The molecule has 0 saturated carbocycles. The van der Waals surface area contributed by atoms with Crippen LogP contribution in [-0.2, 0) is 12.5 Å². The lowest BCUT2D eigenvalue weighted by atomic mass is 10.2. The van der Waals surface area contributed by atoms with E-state index >= 15 is 0 Å². The molecular weight excluding hydrogens is 302 g/mol. The van der Waals surface area contributed by atoms with Crippen LogP contribution in [-0.4, -0.2) is 7.11 Å². The summed E-state index contributed by atoms with van der Waals surface area (Å²) < 4.78 is 23.8. The lowest BCUT2D eigenvalue weighted by Crippen LogP contribution is -1.99. The Kier molecular flexibility index (Phi) is 5.10. The van der Waals surface area contributed by atoms with Crippen molar-refractivity contribution in [2.24, 2.45) is 0 Å². The predicted molar refractivity (Wildman–Crippen MR) is 78.3 cm³/mol. The van der Waals surface area contributed by atoms with Crippen LogP contribution in [0.15, 0.2) is 36.4 Å². The minimum Gasteiger partial charge on any atom is -0.497 e. The Morgan fingerprint density at radius 3 is 2.50 bits per heavy atom. The molecular formula is C15H13Cl2FO2. The largest absolute Gasteiger partial charge is 0.497 e. The molecule has 0 fully saturated rings. The van der Waals surface area contributed by atoms with E-state index in [1.54, 1.807) is 19.2 Å². The van der Waals surface area contributed by atoms with Crippen molar-refractivity contribution in [2.75, 3.05) is 7.11 Å². The molecule has 2 rings (SSSR count). The first kappa shape index (κ1) is 14.9. The Hall–Kier alpha value is -1.45. The number of hydrogen-bond donors (Lipinski definition) is 0. The maximum atomic E-state index is 13.0. The Bertz CT molecular complexity index is 602. The van der Waals surface area contributed by atoms with Gasteiger partial charge in [-0.15, -0.1) is 11.6 Å². The van der Waals surface area contributed by atoms with Gasteiger partial charge in [0.05, 0.1) is 18.0 Å². The van der Waals surface area contributed by atoms with E-state index in [1.807, 2.05) is 12.1 Å². The minimum atomic E-state index is -0.374. The first-order chi connectivity index (χ1) is 9.63. The summed E-state index contributed by atoms with van der Waals surface area (Å²) in [6.07, 6.45) is 0. The van der Waals surface area contributed by atoms with Gasteiger partial charge in [0.1, 0.15) is 23.9 Å². The van der Waals surface area contributed by atoms with Gasteiger partial charge in [0, 0.05) is 17.2 Å². The van der Waals surface area contributed by atoms with E-state index in [0.29, 0.717) is 28.0 Å². The molecule has 0 amide bonds. The van der Waals surface area contributed by atoms with Crippen LogP contribution in [0.5, 0.6) is 11.5 Å². The molecule has 5 heteroatoms. The molecule has 0 aliphatic rings. The normalized spacial score (nSPS) is 10.4. The Balaban J connectivity index is 2.17. The van der Waals surface area contributed by atoms with Gasteiger partial charge in [-0.05, 0) is 18.2 Å². The van der Waals surface area contributed by atoms with Crippen LogP contribution in [0.1, 0.15) is 11.1 Å². The summed E-state index contributed by atoms with van der Waals surface area (Å²) in [5.41, 5.74) is 1.56. The lowest BCUT2D eigenvalue weighted by molar-refractivity contribution is 0.301. The number of alkyl halides is 1. The van der Waals surface area contributed by atoms with Crippen molar-refractivity contribution >= 4 is 23.2 Å². The smallest absolute Gasteiger partial charge is 0.127 e. The zero-order valence-electron chi connectivity index (χ0n) is 10.8. The van der Waals surface area contributed by atoms with E-state index in [9.17, 15) is 4.39 Å². The third-order valence-electron chi connectivity index (χ3n) is 2.82. The number of methoxy groups -OCH3 is 1. The standard InChI is InChI=1S/C15H13Cl2FO2/c1-19-13-5-3-10(8-16)15(7-13)20-9-11-2-4-12(18)6-14(11)17/h2-7H,8-9H2,1H3. The molecule has 2 aromatic rings. The number of halogens is 3. The van der Waals surface area contributed by atoms with Gasteiger partial charge in [0.2, 0.25) is 0 Å². The molecule has 0 aliphatic carbocycles. The summed E-state index contributed by atoms with van der Waals surface area (Å²) >= 11 is 11.8. The molecule has 0 radical (unpaired) electrons. The second kappa shape index (κ2) is 6.82. The van der Waals surface area contributed by atoms with Gasteiger partial charge >= 0.3 is 0 Å². The minimum absolute atomic E-state index is 0.232. The van der Waals surface area contributed by atoms with Gasteiger partial charge in [0.15, 0.2) is 0 Å².